The van der Waals surface area contributed by atoms with Crippen LogP contribution >= 0.6 is 0 Å². The fraction of sp³-hybridized carbons (Fsp3) is 0.0294. The number of imidazole rings is 1. The minimum absolute atomic E-state index is 0.867. The molecule has 174 valence electrons. The Morgan fingerprint density at radius 2 is 1.27 bits per heavy atom. The predicted octanol–water partition coefficient (Wildman–Crippen LogP) is 8.21. The van der Waals surface area contributed by atoms with Crippen molar-refractivity contribution in [2.24, 2.45) is 0 Å². The summed E-state index contributed by atoms with van der Waals surface area (Å²) in [4.78, 5) is 4.94. The van der Waals surface area contributed by atoms with Crippen molar-refractivity contribution >= 4 is 21.8 Å². The number of aromatic nitrogens is 3. The Hall–Kier alpha value is -4.89. The van der Waals surface area contributed by atoms with E-state index in [4.69, 9.17) is 4.98 Å². The van der Waals surface area contributed by atoms with Crippen LogP contribution in [0.1, 0.15) is 11.4 Å². The molecule has 0 radical (unpaired) electrons. The standard InChI is InChI=1S/C34H23N3/c1-3-9-23(10-4-1)30-22-36-33-20-25(15-16-26(33)21-34(36)35-30)24-17-18-32-29(19-24)28-13-7-8-14-31(28)37(32)27-11-5-2-6-12-27/h1-20,22H,21H2. The number of benzene rings is 5. The van der Waals surface area contributed by atoms with Crippen molar-refractivity contribution in [3.63, 3.8) is 0 Å². The topological polar surface area (TPSA) is 22.8 Å². The SMILES string of the molecule is c1ccc(-c2cn3c(n2)Cc2ccc(-c4ccc5c(c4)c4ccccc4n5-c4ccccc4)cc2-3)cc1. The highest BCUT2D eigenvalue weighted by Crippen LogP contribution is 2.37. The molecule has 0 spiro atoms. The van der Waals surface area contributed by atoms with E-state index < -0.39 is 0 Å². The maximum atomic E-state index is 4.94. The van der Waals surface area contributed by atoms with Crippen molar-refractivity contribution in [2.75, 3.05) is 0 Å². The van der Waals surface area contributed by atoms with E-state index in [1.807, 2.05) is 6.07 Å². The summed E-state index contributed by atoms with van der Waals surface area (Å²) in [6.45, 7) is 0. The van der Waals surface area contributed by atoms with Gasteiger partial charge in [0.25, 0.3) is 0 Å². The van der Waals surface area contributed by atoms with Gasteiger partial charge in [-0.25, -0.2) is 4.98 Å². The molecule has 7 aromatic rings. The lowest BCUT2D eigenvalue weighted by atomic mass is 10.00. The van der Waals surface area contributed by atoms with Gasteiger partial charge in [0, 0.05) is 34.6 Å². The molecule has 0 saturated heterocycles. The second-order valence-electron chi connectivity index (χ2n) is 9.72. The first-order valence-corrected chi connectivity index (χ1v) is 12.7. The molecule has 0 atom stereocenters. The Morgan fingerprint density at radius 1 is 0.568 bits per heavy atom. The molecule has 5 aromatic carbocycles. The van der Waals surface area contributed by atoms with Crippen LogP contribution in [0.15, 0.2) is 128 Å². The normalized spacial score (nSPS) is 12.2. The summed E-state index contributed by atoms with van der Waals surface area (Å²) in [5.41, 5.74) is 10.8. The molecule has 1 aliphatic heterocycles. The third kappa shape index (κ3) is 3.11. The zero-order valence-corrected chi connectivity index (χ0v) is 20.2. The van der Waals surface area contributed by atoms with Crippen molar-refractivity contribution in [1.29, 1.82) is 0 Å². The smallest absolute Gasteiger partial charge is 0.118 e. The molecular formula is C34H23N3. The first-order chi connectivity index (χ1) is 18.3. The summed E-state index contributed by atoms with van der Waals surface area (Å²) in [7, 11) is 0. The molecule has 0 aliphatic carbocycles. The number of nitrogens with zero attached hydrogens (tertiary/aromatic N) is 3. The van der Waals surface area contributed by atoms with Gasteiger partial charge in [-0.3, -0.25) is 0 Å². The number of rotatable bonds is 3. The lowest BCUT2D eigenvalue weighted by molar-refractivity contribution is 0.997. The molecule has 3 heterocycles. The predicted molar refractivity (Wildman–Crippen MR) is 152 cm³/mol. The van der Waals surface area contributed by atoms with Gasteiger partial charge in [0.2, 0.25) is 0 Å². The second kappa shape index (κ2) is 7.81. The molecule has 3 heteroatoms. The van der Waals surface area contributed by atoms with Crippen LogP contribution in [0, 0.1) is 0 Å². The van der Waals surface area contributed by atoms with Crippen molar-refractivity contribution < 1.29 is 0 Å². The lowest BCUT2D eigenvalue weighted by Crippen LogP contribution is -1.93. The molecule has 0 N–H and O–H groups in total. The van der Waals surface area contributed by atoms with Gasteiger partial charge in [-0.15, -0.1) is 0 Å². The molecule has 37 heavy (non-hydrogen) atoms. The van der Waals surface area contributed by atoms with E-state index in [1.165, 1.54) is 49.9 Å². The van der Waals surface area contributed by atoms with Crippen molar-refractivity contribution in [3.05, 3.63) is 139 Å². The van der Waals surface area contributed by atoms with E-state index >= 15 is 0 Å². The highest BCUT2D eigenvalue weighted by molar-refractivity contribution is 6.10. The van der Waals surface area contributed by atoms with Crippen LogP contribution in [-0.4, -0.2) is 14.1 Å². The molecule has 8 rings (SSSR count). The Balaban J connectivity index is 1.26. The van der Waals surface area contributed by atoms with Gasteiger partial charge < -0.3 is 9.13 Å². The summed E-state index contributed by atoms with van der Waals surface area (Å²) in [5.74, 6) is 1.10. The van der Waals surface area contributed by atoms with Gasteiger partial charge in [0.1, 0.15) is 5.82 Å². The van der Waals surface area contributed by atoms with Gasteiger partial charge in [-0.1, -0.05) is 84.9 Å². The molecule has 0 fully saturated rings. The van der Waals surface area contributed by atoms with Gasteiger partial charge in [0.05, 0.1) is 22.4 Å². The molecule has 3 nitrogen and oxygen atoms in total. The summed E-state index contributed by atoms with van der Waals surface area (Å²) >= 11 is 0. The Labute approximate surface area is 214 Å². The quantitative estimate of drug-likeness (QED) is 0.253. The van der Waals surface area contributed by atoms with Crippen molar-refractivity contribution in [3.8, 4) is 33.8 Å². The lowest BCUT2D eigenvalue weighted by Gasteiger charge is -2.09. The van der Waals surface area contributed by atoms with Crippen molar-refractivity contribution in [1.82, 2.24) is 14.1 Å². The van der Waals surface area contributed by atoms with Crippen LogP contribution in [0.5, 0.6) is 0 Å². The Kier molecular flexibility index (Phi) is 4.29. The average Bonchev–Trinajstić information content (AvgIpc) is 3.63. The van der Waals surface area contributed by atoms with Crippen LogP contribution < -0.4 is 0 Å². The molecular weight excluding hydrogens is 450 g/mol. The van der Waals surface area contributed by atoms with Crippen LogP contribution in [-0.2, 0) is 6.42 Å². The first kappa shape index (κ1) is 20.3. The molecule has 0 unspecified atom stereocenters. The average molecular weight is 474 g/mol. The van der Waals surface area contributed by atoms with Crippen LogP contribution in [0.3, 0.4) is 0 Å². The number of hydrogen-bond donors (Lipinski definition) is 0. The zero-order chi connectivity index (χ0) is 24.3. The fourth-order valence-corrected chi connectivity index (χ4v) is 5.80. The van der Waals surface area contributed by atoms with Crippen LogP contribution in [0.4, 0.5) is 0 Å². The third-order valence-corrected chi connectivity index (χ3v) is 7.56. The van der Waals surface area contributed by atoms with Gasteiger partial charge in [-0.2, -0.15) is 0 Å². The maximum Gasteiger partial charge on any atom is 0.118 e. The molecule has 0 saturated carbocycles. The van der Waals surface area contributed by atoms with E-state index in [0.29, 0.717) is 0 Å². The monoisotopic (exact) mass is 473 g/mol. The zero-order valence-electron chi connectivity index (χ0n) is 20.2. The molecule has 0 amide bonds. The van der Waals surface area contributed by atoms with Crippen molar-refractivity contribution in [2.45, 2.75) is 6.42 Å². The summed E-state index contributed by atoms with van der Waals surface area (Å²) in [6.07, 6.45) is 3.04. The van der Waals surface area contributed by atoms with Gasteiger partial charge in [0.15, 0.2) is 0 Å². The number of fused-ring (bicyclic) bond motifs is 6. The first-order valence-electron chi connectivity index (χ1n) is 12.7. The maximum absolute atomic E-state index is 4.94. The van der Waals surface area contributed by atoms with E-state index in [9.17, 15) is 0 Å². The molecule has 0 bridgehead atoms. The van der Waals surface area contributed by atoms with E-state index in [-0.39, 0.29) is 0 Å². The Morgan fingerprint density at radius 3 is 2.14 bits per heavy atom. The minimum Gasteiger partial charge on any atom is -0.309 e. The number of para-hydroxylation sites is 2. The van der Waals surface area contributed by atoms with E-state index in [1.54, 1.807) is 0 Å². The van der Waals surface area contributed by atoms with Gasteiger partial charge in [-0.05, 0) is 53.1 Å². The minimum atomic E-state index is 0.867. The number of hydrogen-bond acceptors (Lipinski definition) is 1. The van der Waals surface area contributed by atoms with E-state index in [0.717, 1.165) is 23.5 Å². The highest BCUT2D eigenvalue weighted by atomic mass is 15.1. The van der Waals surface area contributed by atoms with Gasteiger partial charge >= 0.3 is 0 Å². The summed E-state index contributed by atoms with van der Waals surface area (Å²) in [5, 5.41) is 2.54. The highest BCUT2D eigenvalue weighted by Gasteiger charge is 2.22. The Bertz CT molecular complexity index is 1940. The largest absolute Gasteiger partial charge is 0.309 e. The van der Waals surface area contributed by atoms with Crippen LogP contribution in [0.2, 0.25) is 0 Å². The molecule has 2 aromatic heterocycles. The molecule has 1 aliphatic rings. The summed E-state index contributed by atoms with van der Waals surface area (Å²) < 4.78 is 4.63. The summed E-state index contributed by atoms with van der Waals surface area (Å²) in [6, 6.07) is 43.4. The second-order valence-corrected chi connectivity index (χ2v) is 9.72. The third-order valence-electron chi connectivity index (χ3n) is 7.56. The van der Waals surface area contributed by atoms with E-state index in [2.05, 4.69) is 131 Å². The van der Waals surface area contributed by atoms with Crippen LogP contribution in [0.25, 0.3) is 55.6 Å². The fourth-order valence-electron chi connectivity index (χ4n) is 5.80.